The lowest BCUT2D eigenvalue weighted by molar-refractivity contribution is -0.144. The van der Waals surface area contributed by atoms with E-state index in [9.17, 15) is 24.0 Å². The van der Waals surface area contributed by atoms with Crippen molar-refractivity contribution in [1.29, 1.82) is 0 Å². The van der Waals surface area contributed by atoms with Crippen molar-refractivity contribution >= 4 is 29.5 Å². The highest BCUT2D eigenvalue weighted by Gasteiger charge is 2.80. The van der Waals surface area contributed by atoms with Gasteiger partial charge in [0.1, 0.15) is 5.76 Å². The Morgan fingerprint density at radius 3 is 1.86 bits per heavy atom. The van der Waals surface area contributed by atoms with Gasteiger partial charge in [0.25, 0.3) is 5.91 Å². The van der Waals surface area contributed by atoms with E-state index in [1.807, 2.05) is 0 Å². The summed E-state index contributed by atoms with van der Waals surface area (Å²) in [6.07, 6.45) is 4.83. The average Bonchev–Trinajstić information content (AvgIpc) is 3.59. The number of nitrogens with zero attached hydrogens (tertiary/aromatic N) is 2. The van der Waals surface area contributed by atoms with E-state index in [4.69, 9.17) is 4.42 Å². The van der Waals surface area contributed by atoms with Crippen LogP contribution in [0, 0.1) is 23.7 Å². The third-order valence-corrected chi connectivity index (χ3v) is 8.43. The van der Waals surface area contributed by atoms with Crippen LogP contribution in [0.2, 0.25) is 0 Å². The van der Waals surface area contributed by atoms with Crippen molar-refractivity contribution in [3.8, 4) is 0 Å². The Hall–Kier alpha value is -4.01. The number of likely N-dealkylation sites (tertiary alicyclic amines) is 2. The van der Waals surface area contributed by atoms with E-state index in [-0.39, 0.29) is 13.1 Å². The first-order chi connectivity index (χ1) is 17.3. The Balaban J connectivity index is 1.63. The van der Waals surface area contributed by atoms with E-state index in [1.165, 1.54) is 6.26 Å². The quantitative estimate of drug-likeness (QED) is 0.505. The molecular formula is C27H25N3O6. The monoisotopic (exact) mass is 487 g/mol. The molecule has 5 amide bonds. The molecule has 7 rings (SSSR count). The van der Waals surface area contributed by atoms with Crippen molar-refractivity contribution < 1.29 is 28.4 Å². The van der Waals surface area contributed by atoms with Crippen LogP contribution < -0.4 is 5.32 Å². The standard InChI is InChI=1S/C27H25N3O6/c1-3-29-22(32)17-19(24(29)34)27(28-21(31)15-9-6-5-7-10-15)13-12-26(17,16-11-8-14-36-16)18-20(27)25(35)30(4-2)23(18)33/h5-14,17-20H,3-4H2,1-2H3,(H,28,31)/t17-,18+,19+,20-,26?,27?. The number of imide groups is 2. The molecule has 36 heavy (non-hydrogen) atoms. The average molecular weight is 488 g/mol. The van der Waals surface area contributed by atoms with Gasteiger partial charge in [-0.25, -0.2) is 0 Å². The van der Waals surface area contributed by atoms with Crippen LogP contribution in [-0.4, -0.2) is 58.0 Å². The highest BCUT2D eigenvalue weighted by Crippen LogP contribution is 2.66. The van der Waals surface area contributed by atoms with Gasteiger partial charge in [0.15, 0.2) is 0 Å². The lowest BCUT2D eigenvalue weighted by Gasteiger charge is -2.58. The molecule has 2 saturated heterocycles. The molecule has 1 aromatic carbocycles. The summed E-state index contributed by atoms with van der Waals surface area (Å²) in [5.41, 5.74) is -2.54. The van der Waals surface area contributed by atoms with Gasteiger partial charge in [-0.15, -0.1) is 0 Å². The Kier molecular flexibility index (Phi) is 4.67. The van der Waals surface area contributed by atoms with E-state index in [1.54, 1.807) is 68.5 Å². The zero-order valence-corrected chi connectivity index (χ0v) is 19.8. The molecule has 2 aromatic rings. The van der Waals surface area contributed by atoms with Gasteiger partial charge in [0, 0.05) is 18.7 Å². The molecule has 3 heterocycles. The molecule has 6 atom stereocenters. The first-order valence-electron chi connectivity index (χ1n) is 12.2. The lowest BCUT2D eigenvalue weighted by Crippen LogP contribution is -2.73. The lowest BCUT2D eigenvalue weighted by atomic mass is 9.43. The van der Waals surface area contributed by atoms with Gasteiger partial charge < -0.3 is 9.73 Å². The molecule has 3 fully saturated rings. The van der Waals surface area contributed by atoms with Crippen molar-refractivity contribution in [1.82, 2.24) is 15.1 Å². The van der Waals surface area contributed by atoms with Crippen LogP contribution in [-0.2, 0) is 24.6 Å². The fourth-order valence-electron chi connectivity index (χ4n) is 7.05. The zero-order valence-electron chi connectivity index (χ0n) is 19.8. The molecule has 5 aliphatic rings. The maximum absolute atomic E-state index is 13.8. The summed E-state index contributed by atoms with van der Waals surface area (Å²) in [5.74, 6) is -6.07. The number of hydrogen-bond donors (Lipinski definition) is 1. The summed E-state index contributed by atoms with van der Waals surface area (Å²) in [7, 11) is 0. The molecule has 1 aromatic heterocycles. The van der Waals surface area contributed by atoms with Crippen molar-refractivity contribution in [3.05, 3.63) is 72.2 Å². The molecule has 1 N–H and O–H groups in total. The van der Waals surface area contributed by atoms with Gasteiger partial charge >= 0.3 is 0 Å². The summed E-state index contributed by atoms with van der Waals surface area (Å²) >= 11 is 0. The van der Waals surface area contributed by atoms with Crippen LogP contribution in [0.1, 0.15) is 30.0 Å². The Morgan fingerprint density at radius 1 is 0.806 bits per heavy atom. The van der Waals surface area contributed by atoms with E-state index in [2.05, 4.69) is 5.32 Å². The zero-order chi connectivity index (χ0) is 25.4. The number of allylic oxidation sites excluding steroid dienone is 1. The van der Waals surface area contributed by atoms with Crippen LogP contribution in [0.15, 0.2) is 65.3 Å². The number of hydrogen-bond acceptors (Lipinski definition) is 6. The number of furan rings is 1. The molecule has 1 saturated carbocycles. The molecule has 9 heteroatoms. The molecule has 3 aliphatic carbocycles. The van der Waals surface area contributed by atoms with E-state index in [0.717, 1.165) is 9.80 Å². The van der Waals surface area contributed by atoms with Gasteiger partial charge in [-0.1, -0.05) is 30.4 Å². The number of carbonyl (C=O) groups excluding carboxylic acids is 5. The van der Waals surface area contributed by atoms with E-state index in [0.29, 0.717) is 11.3 Å². The second-order valence-corrected chi connectivity index (χ2v) is 9.75. The second kappa shape index (κ2) is 7.49. The number of nitrogens with one attached hydrogen (secondary N) is 1. The molecule has 0 spiro atoms. The van der Waals surface area contributed by atoms with Gasteiger partial charge in [0.2, 0.25) is 23.6 Å². The molecule has 9 nitrogen and oxygen atoms in total. The Bertz CT molecular complexity index is 1280. The molecule has 2 aliphatic heterocycles. The predicted molar refractivity (Wildman–Crippen MR) is 125 cm³/mol. The topological polar surface area (TPSA) is 117 Å². The minimum absolute atomic E-state index is 0.139. The molecule has 0 radical (unpaired) electrons. The SMILES string of the molecule is CCN1C(=O)[C@@H]2[C@H](C1=O)C1(NC(=O)c3ccccc3)C=CC2(c2ccco2)[C@H]2C(=O)N(CC)C(=O)[C@H]21. The number of rotatable bonds is 5. The van der Waals surface area contributed by atoms with Crippen molar-refractivity contribution in [3.63, 3.8) is 0 Å². The van der Waals surface area contributed by atoms with Gasteiger partial charge in [-0.2, -0.15) is 0 Å². The number of carbonyl (C=O) groups is 5. The van der Waals surface area contributed by atoms with Gasteiger partial charge in [-0.05, 0) is 38.1 Å². The van der Waals surface area contributed by atoms with Crippen molar-refractivity contribution in [2.24, 2.45) is 23.7 Å². The van der Waals surface area contributed by atoms with Crippen molar-refractivity contribution in [2.75, 3.05) is 13.1 Å². The second-order valence-electron chi connectivity index (χ2n) is 9.75. The highest BCUT2D eigenvalue weighted by molar-refractivity contribution is 6.14. The van der Waals surface area contributed by atoms with Crippen LogP contribution in [0.25, 0.3) is 0 Å². The normalized spacial score (nSPS) is 34.4. The smallest absolute Gasteiger partial charge is 0.252 e. The summed E-state index contributed by atoms with van der Waals surface area (Å²) in [6, 6.07) is 11.8. The van der Waals surface area contributed by atoms with Crippen LogP contribution >= 0.6 is 0 Å². The minimum Gasteiger partial charge on any atom is -0.468 e. The highest BCUT2D eigenvalue weighted by atomic mass is 16.3. The predicted octanol–water partition coefficient (Wildman–Crippen LogP) is 1.51. The summed E-state index contributed by atoms with van der Waals surface area (Å²) in [6.45, 7) is 3.68. The Labute approximate surface area is 207 Å². The summed E-state index contributed by atoms with van der Waals surface area (Å²) in [4.78, 5) is 71.0. The number of amides is 5. The van der Waals surface area contributed by atoms with Crippen molar-refractivity contribution in [2.45, 2.75) is 24.8 Å². The fourth-order valence-corrected chi connectivity index (χ4v) is 7.05. The van der Waals surface area contributed by atoms with Crippen LogP contribution in [0.4, 0.5) is 0 Å². The third-order valence-electron chi connectivity index (χ3n) is 8.43. The van der Waals surface area contributed by atoms with Crippen LogP contribution in [0.5, 0.6) is 0 Å². The molecular weight excluding hydrogens is 462 g/mol. The first-order valence-corrected chi connectivity index (χ1v) is 12.2. The Morgan fingerprint density at radius 2 is 1.36 bits per heavy atom. The minimum atomic E-state index is -1.55. The summed E-state index contributed by atoms with van der Waals surface area (Å²) < 4.78 is 5.79. The first kappa shape index (κ1) is 22.5. The van der Waals surface area contributed by atoms with Crippen LogP contribution in [0.3, 0.4) is 0 Å². The number of benzene rings is 1. The maximum atomic E-state index is 13.8. The summed E-state index contributed by atoms with van der Waals surface area (Å²) in [5, 5.41) is 2.98. The van der Waals surface area contributed by atoms with E-state index < -0.39 is 64.2 Å². The van der Waals surface area contributed by atoms with Gasteiger partial charge in [-0.3, -0.25) is 33.8 Å². The van der Waals surface area contributed by atoms with Gasteiger partial charge in [0.05, 0.1) is 40.9 Å². The van der Waals surface area contributed by atoms with E-state index >= 15 is 0 Å². The largest absolute Gasteiger partial charge is 0.468 e. The molecule has 184 valence electrons. The third kappa shape index (κ3) is 2.47. The molecule has 2 unspecified atom stereocenters. The maximum Gasteiger partial charge on any atom is 0.252 e. The molecule has 2 bridgehead atoms. The fraction of sp³-hybridized carbons (Fsp3) is 0.370.